The van der Waals surface area contributed by atoms with E-state index in [1.165, 1.54) is 6.07 Å². The van der Waals surface area contributed by atoms with Gasteiger partial charge in [-0.25, -0.2) is 14.2 Å². The lowest BCUT2D eigenvalue weighted by Gasteiger charge is -2.37. The Morgan fingerprint density at radius 3 is 2.57 bits per heavy atom. The van der Waals surface area contributed by atoms with Crippen LogP contribution in [-0.2, 0) is 4.74 Å². The number of nitrogens with one attached hydrogen (secondary N) is 1. The summed E-state index contributed by atoms with van der Waals surface area (Å²) in [5, 5.41) is 3.62. The smallest absolute Gasteiger partial charge is 0.410 e. The molecule has 5 rings (SSSR count). The topological polar surface area (TPSA) is 92.1 Å². The predicted octanol–water partition coefficient (Wildman–Crippen LogP) is 4.64. The molecule has 1 aliphatic heterocycles. The number of fused-ring (bicyclic) bond motifs is 2. The van der Waals surface area contributed by atoms with E-state index < -0.39 is 11.4 Å². The standard InChI is InChI=1S/C27H29FN6O3/c1-17-15-34-16-18(14-21(28)24(34)30-17)31-25(35)20-7-8-22(19-6-5-9-29-23(19)20)32-10-12-33(13-11-32)26(36)37-27(2,3)4/h5-9,14-16H,10-13H2,1-4H3,(H,31,35). The van der Waals surface area contributed by atoms with Crippen LogP contribution >= 0.6 is 0 Å². The molecule has 4 aromatic rings. The molecule has 10 heteroatoms. The molecule has 192 valence electrons. The number of halogens is 1. The third-order valence-corrected chi connectivity index (χ3v) is 6.15. The van der Waals surface area contributed by atoms with Crippen molar-refractivity contribution in [2.75, 3.05) is 36.4 Å². The fourth-order valence-electron chi connectivity index (χ4n) is 4.52. The van der Waals surface area contributed by atoms with Crippen molar-refractivity contribution in [1.29, 1.82) is 0 Å². The van der Waals surface area contributed by atoms with E-state index >= 15 is 0 Å². The number of aryl methyl sites for hydroxylation is 1. The molecule has 37 heavy (non-hydrogen) atoms. The number of hydrogen-bond donors (Lipinski definition) is 1. The second-order valence-corrected chi connectivity index (χ2v) is 10.1. The lowest BCUT2D eigenvalue weighted by Crippen LogP contribution is -2.50. The summed E-state index contributed by atoms with van der Waals surface area (Å²) in [6.45, 7) is 9.64. The Balaban J connectivity index is 1.37. The SMILES string of the molecule is Cc1cn2cc(NC(=O)c3ccc(N4CCN(C(=O)OC(C)(C)C)CC4)c4cccnc34)cc(F)c2n1. The number of piperazine rings is 1. The summed E-state index contributed by atoms with van der Waals surface area (Å²) >= 11 is 0. The molecule has 1 fully saturated rings. The summed E-state index contributed by atoms with van der Waals surface area (Å²) in [5.41, 5.74) is 2.53. The largest absolute Gasteiger partial charge is 0.444 e. The Morgan fingerprint density at radius 2 is 1.84 bits per heavy atom. The Kier molecular flexibility index (Phi) is 6.18. The minimum absolute atomic E-state index is 0.207. The van der Waals surface area contributed by atoms with Crippen LogP contribution in [0.3, 0.4) is 0 Å². The van der Waals surface area contributed by atoms with Crippen LogP contribution in [-0.4, -0.2) is 63.0 Å². The van der Waals surface area contributed by atoms with E-state index in [1.54, 1.807) is 40.9 Å². The zero-order valence-electron chi connectivity index (χ0n) is 21.3. The van der Waals surface area contributed by atoms with Gasteiger partial charge in [0.15, 0.2) is 11.5 Å². The third kappa shape index (κ3) is 5.04. The normalized spacial score (nSPS) is 14.3. The molecule has 0 bridgehead atoms. The lowest BCUT2D eigenvalue weighted by atomic mass is 10.1. The van der Waals surface area contributed by atoms with E-state index in [2.05, 4.69) is 20.2 Å². The maximum Gasteiger partial charge on any atom is 0.410 e. The number of pyridine rings is 2. The molecule has 1 aromatic carbocycles. The summed E-state index contributed by atoms with van der Waals surface area (Å²) in [6.07, 6.45) is 4.65. The van der Waals surface area contributed by atoms with Gasteiger partial charge in [0.1, 0.15) is 5.60 Å². The van der Waals surface area contributed by atoms with Crippen molar-refractivity contribution in [3.8, 4) is 0 Å². The first kappa shape index (κ1) is 24.5. The van der Waals surface area contributed by atoms with Crippen molar-refractivity contribution in [1.82, 2.24) is 19.3 Å². The van der Waals surface area contributed by atoms with Crippen LogP contribution in [0.2, 0.25) is 0 Å². The average molecular weight is 505 g/mol. The second kappa shape index (κ2) is 9.34. The van der Waals surface area contributed by atoms with E-state index in [1.807, 2.05) is 39.0 Å². The second-order valence-electron chi connectivity index (χ2n) is 10.1. The number of anilines is 2. The third-order valence-electron chi connectivity index (χ3n) is 6.15. The van der Waals surface area contributed by atoms with Gasteiger partial charge in [0.05, 0.1) is 22.5 Å². The van der Waals surface area contributed by atoms with Gasteiger partial charge in [-0.1, -0.05) is 0 Å². The average Bonchev–Trinajstić information content (AvgIpc) is 3.23. The fraction of sp³-hybridized carbons (Fsp3) is 0.333. The highest BCUT2D eigenvalue weighted by atomic mass is 19.1. The van der Waals surface area contributed by atoms with Crippen LogP contribution in [0.25, 0.3) is 16.6 Å². The molecule has 1 saturated heterocycles. The highest BCUT2D eigenvalue weighted by Gasteiger charge is 2.27. The van der Waals surface area contributed by atoms with Gasteiger partial charge in [-0.3, -0.25) is 9.78 Å². The quantitative estimate of drug-likeness (QED) is 0.437. The van der Waals surface area contributed by atoms with Crippen molar-refractivity contribution in [2.24, 2.45) is 0 Å². The van der Waals surface area contributed by atoms with Crippen LogP contribution in [0, 0.1) is 12.7 Å². The molecule has 4 heterocycles. The lowest BCUT2D eigenvalue weighted by molar-refractivity contribution is 0.0240. The van der Waals surface area contributed by atoms with Crippen LogP contribution in [0.15, 0.2) is 48.9 Å². The number of benzene rings is 1. The highest BCUT2D eigenvalue weighted by Crippen LogP contribution is 2.30. The van der Waals surface area contributed by atoms with Crippen LogP contribution < -0.4 is 10.2 Å². The number of hydrogen-bond acceptors (Lipinski definition) is 6. The van der Waals surface area contributed by atoms with Gasteiger partial charge in [0, 0.05) is 61.9 Å². The van der Waals surface area contributed by atoms with Crippen LogP contribution in [0.1, 0.15) is 36.8 Å². The molecule has 0 unspecified atom stereocenters. The van der Waals surface area contributed by atoms with Crippen LogP contribution in [0.5, 0.6) is 0 Å². The first-order valence-corrected chi connectivity index (χ1v) is 12.2. The number of carbonyl (C=O) groups excluding carboxylic acids is 2. The van der Waals surface area contributed by atoms with Gasteiger partial charge >= 0.3 is 6.09 Å². The summed E-state index contributed by atoms with van der Waals surface area (Å²) < 4.78 is 21.5. The molecule has 0 atom stereocenters. The van der Waals surface area contributed by atoms with Gasteiger partial charge in [-0.15, -0.1) is 0 Å². The molecular weight excluding hydrogens is 475 g/mol. The van der Waals surface area contributed by atoms with Gasteiger partial charge in [0.25, 0.3) is 5.91 Å². The molecule has 0 saturated carbocycles. The zero-order chi connectivity index (χ0) is 26.3. The molecule has 9 nitrogen and oxygen atoms in total. The Labute approximate surface area is 213 Å². The summed E-state index contributed by atoms with van der Waals surface area (Å²) in [5.74, 6) is -0.907. The van der Waals surface area contributed by atoms with E-state index in [4.69, 9.17) is 4.74 Å². The minimum atomic E-state index is -0.540. The zero-order valence-corrected chi connectivity index (χ0v) is 21.3. The number of nitrogens with zero attached hydrogens (tertiary/aromatic N) is 5. The Hall–Kier alpha value is -4.21. The van der Waals surface area contributed by atoms with Gasteiger partial charge in [-0.05, 0) is 52.0 Å². The molecule has 0 spiro atoms. The van der Waals surface area contributed by atoms with Gasteiger partial charge in [-0.2, -0.15) is 0 Å². The van der Waals surface area contributed by atoms with Crippen molar-refractivity contribution in [3.63, 3.8) is 0 Å². The predicted molar refractivity (Wildman–Crippen MR) is 140 cm³/mol. The van der Waals surface area contributed by atoms with E-state index in [0.717, 1.165) is 11.1 Å². The monoisotopic (exact) mass is 504 g/mol. The van der Waals surface area contributed by atoms with Crippen molar-refractivity contribution >= 4 is 39.9 Å². The van der Waals surface area contributed by atoms with E-state index in [0.29, 0.717) is 48.6 Å². The van der Waals surface area contributed by atoms with E-state index in [-0.39, 0.29) is 17.6 Å². The molecule has 2 amide bonds. The van der Waals surface area contributed by atoms with Crippen LogP contribution in [0.4, 0.5) is 20.6 Å². The number of imidazole rings is 1. The summed E-state index contributed by atoms with van der Waals surface area (Å²) in [7, 11) is 0. The Morgan fingerprint density at radius 1 is 1.08 bits per heavy atom. The molecule has 0 radical (unpaired) electrons. The Bertz CT molecular complexity index is 1500. The molecule has 3 aromatic heterocycles. The fourth-order valence-corrected chi connectivity index (χ4v) is 4.52. The number of amides is 2. The van der Waals surface area contributed by atoms with Gasteiger partial charge < -0.3 is 24.3 Å². The van der Waals surface area contributed by atoms with Crippen molar-refractivity contribution < 1.29 is 18.7 Å². The summed E-state index contributed by atoms with van der Waals surface area (Å²) in [6, 6.07) is 8.64. The van der Waals surface area contributed by atoms with Crippen molar-refractivity contribution in [2.45, 2.75) is 33.3 Å². The van der Waals surface area contributed by atoms with E-state index in [9.17, 15) is 14.0 Å². The first-order valence-electron chi connectivity index (χ1n) is 12.2. The first-order chi connectivity index (χ1) is 17.6. The highest BCUT2D eigenvalue weighted by molar-refractivity contribution is 6.13. The van der Waals surface area contributed by atoms with Gasteiger partial charge in [0.2, 0.25) is 0 Å². The molecule has 1 aliphatic rings. The number of ether oxygens (including phenoxy) is 1. The minimum Gasteiger partial charge on any atom is -0.444 e. The van der Waals surface area contributed by atoms with Crippen molar-refractivity contribution in [3.05, 3.63) is 66.0 Å². The molecule has 1 N–H and O–H groups in total. The molecular formula is C27H29FN6O3. The number of rotatable bonds is 3. The molecule has 0 aliphatic carbocycles. The number of aromatic nitrogens is 3. The number of carbonyl (C=O) groups is 2. The maximum absolute atomic E-state index is 14.5. The summed E-state index contributed by atoms with van der Waals surface area (Å²) in [4.78, 5) is 38.2. The maximum atomic E-state index is 14.5.